The molecule has 1 aromatic heterocycles. The Labute approximate surface area is 110 Å². The van der Waals surface area contributed by atoms with Crippen LogP contribution in [-0.4, -0.2) is 24.6 Å². The molecular formula is C14H25N3O. The first-order valence-electron chi connectivity index (χ1n) is 7.05. The van der Waals surface area contributed by atoms with Gasteiger partial charge in [-0.2, -0.15) is 4.98 Å². The fourth-order valence-corrected chi connectivity index (χ4v) is 2.37. The van der Waals surface area contributed by atoms with E-state index in [0.29, 0.717) is 5.92 Å². The van der Waals surface area contributed by atoms with Crippen molar-refractivity contribution in [3.05, 3.63) is 12.0 Å². The third-order valence-corrected chi connectivity index (χ3v) is 3.33. The standard InChI is InChI=1S/C14H25N3O/c1-11(2)7-15-8-13-10-18-14(16-13)17-6-4-5-12(3)9-17/h10-12,15H,4-9H2,1-3H3. The van der Waals surface area contributed by atoms with Crippen LogP contribution in [-0.2, 0) is 6.54 Å². The molecule has 2 rings (SSSR count). The highest BCUT2D eigenvalue weighted by molar-refractivity contribution is 5.27. The molecule has 0 spiro atoms. The summed E-state index contributed by atoms with van der Waals surface area (Å²) in [6.07, 6.45) is 4.34. The molecule has 18 heavy (non-hydrogen) atoms. The highest BCUT2D eigenvalue weighted by Crippen LogP contribution is 2.22. The van der Waals surface area contributed by atoms with Gasteiger partial charge in [0.1, 0.15) is 6.26 Å². The molecule has 0 radical (unpaired) electrons. The smallest absolute Gasteiger partial charge is 0.297 e. The van der Waals surface area contributed by atoms with Gasteiger partial charge in [0, 0.05) is 19.6 Å². The van der Waals surface area contributed by atoms with Crippen LogP contribution in [0.2, 0.25) is 0 Å². The van der Waals surface area contributed by atoms with Crippen LogP contribution in [0.15, 0.2) is 10.7 Å². The zero-order chi connectivity index (χ0) is 13.0. The minimum absolute atomic E-state index is 0.666. The number of hydrogen-bond acceptors (Lipinski definition) is 4. The highest BCUT2D eigenvalue weighted by Gasteiger charge is 2.20. The molecule has 1 unspecified atom stereocenters. The van der Waals surface area contributed by atoms with Gasteiger partial charge in [0.25, 0.3) is 6.01 Å². The molecule has 2 heterocycles. The number of hydrogen-bond donors (Lipinski definition) is 1. The number of rotatable bonds is 5. The van der Waals surface area contributed by atoms with Crippen LogP contribution < -0.4 is 10.2 Å². The van der Waals surface area contributed by atoms with Gasteiger partial charge >= 0.3 is 0 Å². The van der Waals surface area contributed by atoms with Crippen LogP contribution in [0.5, 0.6) is 0 Å². The molecule has 1 N–H and O–H groups in total. The van der Waals surface area contributed by atoms with E-state index in [4.69, 9.17) is 4.42 Å². The topological polar surface area (TPSA) is 41.3 Å². The zero-order valence-corrected chi connectivity index (χ0v) is 11.8. The summed E-state index contributed by atoms with van der Waals surface area (Å²) in [5.74, 6) is 1.41. The maximum atomic E-state index is 5.58. The van der Waals surface area contributed by atoms with Crippen molar-refractivity contribution in [3.8, 4) is 0 Å². The van der Waals surface area contributed by atoms with Gasteiger partial charge in [-0.1, -0.05) is 20.8 Å². The van der Waals surface area contributed by atoms with Crippen molar-refractivity contribution in [2.24, 2.45) is 11.8 Å². The molecule has 4 heteroatoms. The first-order valence-corrected chi connectivity index (χ1v) is 7.05. The Balaban J connectivity index is 1.85. The maximum absolute atomic E-state index is 5.58. The largest absolute Gasteiger partial charge is 0.432 e. The third kappa shape index (κ3) is 3.73. The molecule has 0 bridgehead atoms. The van der Waals surface area contributed by atoms with E-state index < -0.39 is 0 Å². The van der Waals surface area contributed by atoms with Crippen molar-refractivity contribution < 1.29 is 4.42 Å². The molecular weight excluding hydrogens is 226 g/mol. The number of piperidine rings is 1. The monoisotopic (exact) mass is 251 g/mol. The Morgan fingerprint density at radius 2 is 2.39 bits per heavy atom. The summed E-state index contributed by atoms with van der Waals surface area (Å²) in [5, 5.41) is 3.39. The molecule has 1 aromatic rings. The fourth-order valence-electron chi connectivity index (χ4n) is 2.37. The molecule has 102 valence electrons. The van der Waals surface area contributed by atoms with Gasteiger partial charge in [-0.05, 0) is 31.2 Å². The predicted octanol–water partition coefficient (Wildman–Crippen LogP) is 2.66. The molecule has 1 fully saturated rings. The number of anilines is 1. The molecule has 0 aromatic carbocycles. The van der Waals surface area contributed by atoms with E-state index in [0.717, 1.165) is 43.8 Å². The molecule has 1 atom stereocenters. The molecule has 4 nitrogen and oxygen atoms in total. The zero-order valence-electron chi connectivity index (χ0n) is 11.8. The minimum atomic E-state index is 0.666. The highest BCUT2D eigenvalue weighted by atomic mass is 16.4. The van der Waals surface area contributed by atoms with Crippen molar-refractivity contribution in [3.63, 3.8) is 0 Å². The minimum Gasteiger partial charge on any atom is -0.432 e. The Kier molecular flexibility index (Phi) is 4.64. The molecule has 0 saturated carbocycles. The van der Waals surface area contributed by atoms with Gasteiger partial charge in [-0.15, -0.1) is 0 Å². The van der Waals surface area contributed by atoms with E-state index >= 15 is 0 Å². The van der Waals surface area contributed by atoms with Crippen molar-refractivity contribution in [1.82, 2.24) is 10.3 Å². The second kappa shape index (κ2) is 6.23. The molecule has 0 aliphatic carbocycles. The van der Waals surface area contributed by atoms with E-state index in [2.05, 4.69) is 36.0 Å². The lowest BCUT2D eigenvalue weighted by Crippen LogP contribution is -2.34. The summed E-state index contributed by atoms with van der Waals surface area (Å²) in [6, 6.07) is 0.794. The van der Waals surface area contributed by atoms with E-state index in [-0.39, 0.29) is 0 Å². The second-order valence-corrected chi connectivity index (χ2v) is 5.84. The van der Waals surface area contributed by atoms with Gasteiger partial charge in [0.15, 0.2) is 0 Å². The molecule has 1 aliphatic rings. The quantitative estimate of drug-likeness (QED) is 0.873. The Bertz CT molecular complexity index is 362. The van der Waals surface area contributed by atoms with E-state index in [1.165, 1.54) is 12.8 Å². The maximum Gasteiger partial charge on any atom is 0.297 e. The number of aromatic nitrogens is 1. The van der Waals surface area contributed by atoms with Crippen LogP contribution in [0.4, 0.5) is 6.01 Å². The average Bonchev–Trinajstić information content (AvgIpc) is 2.77. The van der Waals surface area contributed by atoms with E-state index in [9.17, 15) is 0 Å². The molecule has 1 saturated heterocycles. The molecule has 0 amide bonds. The van der Waals surface area contributed by atoms with Gasteiger partial charge in [-0.3, -0.25) is 0 Å². The lowest BCUT2D eigenvalue weighted by atomic mass is 10.0. The first kappa shape index (κ1) is 13.4. The van der Waals surface area contributed by atoms with E-state index in [1.54, 1.807) is 6.26 Å². The summed E-state index contributed by atoms with van der Waals surface area (Å²) in [5.41, 5.74) is 1.00. The predicted molar refractivity (Wildman–Crippen MR) is 73.7 cm³/mol. The van der Waals surface area contributed by atoms with Crippen LogP contribution in [0.3, 0.4) is 0 Å². The van der Waals surface area contributed by atoms with Crippen LogP contribution >= 0.6 is 0 Å². The van der Waals surface area contributed by atoms with Crippen molar-refractivity contribution in [2.45, 2.75) is 40.2 Å². The van der Waals surface area contributed by atoms with Gasteiger partial charge in [-0.25, -0.2) is 0 Å². The fraction of sp³-hybridized carbons (Fsp3) is 0.786. The number of oxazole rings is 1. The Hall–Kier alpha value is -1.03. The lowest BCUT2D eigenvalue weighted by molar-refractivity contribution is 0.416. The van der Waals surface area contributed by atoms with Crippen LogP contribution in [0.1, 0.15) is 39.3 Å². The van der Waals surface area contributed by atoms with Gasteiger partial charge in [0.05, 0.1) is 5.69 Å². The third-order valence-electron chi connectivity index (χ3n) is 3.33. The van der Waals surface area contributed by atoms with Gasteiger partial charge < -0.3 is 14.6 Å². The Morgan fingerprint density at radius 3 is 3.11 bits per heavy atom. The summed E-state index contributed by atoms with van der Waals surface area (Å²) < 4.78 is 5.58. The summed E-state index contributed by atoms with van der Waals surface area (Å²) >= 11 is 0. The van der Waals surface area contributed by atoms with Crippen molar-refractivity contribution in [1.29, 1.82) is 0 Å². The van der Waals surface area contributed by atoms with Crippen LogP contribution in [0, 0.1) is 11.8 Å². The molecule has 1 aliphatic heterocycles. The van der Waals surface area contributed by atoms with Crippen molar-refractivity contribution in [2.75, 3.05) is 24.5 Å². The second-order valence-electron chi connectivity index (χ2n) is 5.84. The number of nitrogens with one attached hydrogen (secondary N) is 1. The van der Waals surface area contributed by atoms with Gasteiger partial charge in [0.2, 0.25) is 0 Å². The number of nitrogens with zero attached hydrogens (tertiary/aromatic N) is 2. The Morgan fingerprint density at radius 1 is 1.56 bits per heavy atom. The first-order chi connectivity index (χ1) is 8.65. The average molecular weight is 251 g/mol. The summed E-state index contributed by atoms with van der Waals surface area (Å²) in [7, 11) is 0. The van der Waals surface area contributed by atoms with Crippen LogP contribution in [0.25, 0.3) is 0 Å². The summed E-state index contributed by atoms with van der Waals surface area (Å²) in [4.78, 5) is 6.83. The normalized spacial score (nSPS) is 20.7. The summed E-state index contributed by atoms with van der Waals surface area (Å²) in [6.45, 7) is 10.7. The lowest BCUT2D eigenvalue weighted by Gasteiger charge is -2.29. The SMILES string of the molecule is CC(C)CNCc1coc(N2CCCC(C)C2)n1. The van der Waals surface area contributed by atoms with E-state index in [1.807, 2.05) is 0 Å². The van der Waals surface area contributed by atoms with Crippen molar-refractivity contribution >= 4 is 6.01 Å².